The van der Waals surface area contributed by atoms with Crippen molar-refractivity contribution >= 4 is 41.7 Å². The van der Waals surface area contributed by atoms with Gasteiger partial charge in [0.2, 0.25) is 5.95 Å². The molecule has 0 aromatic carbocycles. The molecular formula is C24H33N8O8P. The average molecular weight is 593 g/mol. The summed E-state index contributed by atoms with van der Waals surface area (Å²) in [4.78, 5) is 44.0. The Morgan fingerprint density at radius 2 is 1.63 bits per heavy atom. The minimum absolute atomic E-state index is 0.0942. The summed E-state index contributed by atoms with van der Waals surface area (Å²) >= 11 is 0. The molecule has 4 aromatic heterocycles. The molecule has 16 nitrogen and oxygen atoms in total. The van der Waals surface area contributed by atoms with Crippen LogP contribution >= 0.6 is 7.82 Å². The van der Waals surface area contributed by atoms with E-state index < -0.39 is 7.82 Å². The van der Waals surface area contributed by atoms with E-state index in [1.54, 1.807) is 6.07 Å². The lowest BCUT2D eigenvalue weighted by atomic mass is 10.2. The Morgan fingerprint density at radius 3 is 2.29 bits per heavy atom. The van der Waals surface area contributed by atoms with Gasteiger partial charge in [-0.25, -0.2) is 14.5 Å². The molecule has 4 aromatic rings. The molecule has 6 heterocycles. The van der Waals surface area contributed by atoms with Gasteiger partial charge in [-0.2, -0.15) is 4.98 Å². The SMILES string of the molecule is CCOCC1CCC(n2ccc3c(=O)[nH]c(N)nc32)O1.Nc1ncnc2c1ccn2C1CCC(COP(=O)(O)O)O1. The number of aromatic nitrogens is 6. The van der Waals surface area contributed by atoms with Crippen molar-refractivity contribution in [2.75, 3.05) is 31.3 Å². The van der Waals surface area contributed by atoms with Gasteiger partial charge in [-0.3, -0.25) is 14.3 Å². The molecule has 4 atom stereocenters. The molecule has 41 heavy (non-hydrogen) atoms. The molecule has 222 valence electrons. The molecule has 0 bridgehead atoms. The van der Waals surface area contributed by atoms with Crippen LogP contribution in [0.25, 0.3) is 22.1 Å². The first kappa shape index (κ1) is 29.1. The lowest BCUT2D eigenvalue weighted by molar-refractivity contribution is -0.0375. The number of hydrogen-bond donors (Lipinski definition) is 5. The van der Waals surface area contributed by atoms with Crippen molar-refractivity contribution in [1.82, 2.24) is 29.1 Å². The third-order valence-corrected chi connectivity index (χ3v) is 7.35. The largest absolute Gasteiger partial charge is 0.469 e. The van der Waals surface area contributed by atoms with Gasteiger partial charge in [0.15, 0.2) is 5.65 Å². The van der Waals surface area contributed by atoms with Crippen LogP contribution in [0.2, 0.25) is 0 Å². The number of H-pyrrole nitrogens is 1. The van der Waals surface area contributed by atoms with Gasteiger partial charge in [0.25, 0.3) is 5.56 Å². The zero-order valence-corrected chi connectivity index (χ0v) is 23.2. The van der Waals surface area contributed by atoms with Crippen molar-refractivity contribution in [1.29, 1.82) is 0 Å². The highest BCUT2D eigenvalue weighted by atomic mass is 31.2. The van der Waals surface area contributed by atoms with Gasteiger partial charge in [0.05, 0.1) is 36.2 Å². The van der Waals surface area contributed by atoms with Crippen molar-refractivity contribution in [3.63, 3.8) is 0 Å². The minimum atomic E-state index is -4.47. The number of anilines is 2. The van der Waals surface area contributed by atoms with E-state index in [-0.39, 0.29) is 42.8 Å². The van der Waals surface area contributed by atoms with Gasteiger partial charge < -0.3 is 44.6 Å². The quantitative estimate of drug-likeness (QED) is 0.184. The topological polar surface area (TPSA) is 228 Å². The normalized spacial score (nSPS) is 22.8. The third kappa shape index (κ3) is 6.76. The van der Waals surface area contributed by atoms with Crippen molar-refractivity contribution in [2.24, 2.45) is 0 Å². The van der Waals surface area contributed by atoms with Gasteiger partial charge in [-0.15, -0.1) is 0 Å². The van der Waals surface area contributed by atoms with Gasteiger partial charge in [-0.05, 0) is 44.7 Å². The van der Waals surface area contributed by atoms with E-state index in [4.69, 9.17) is 35.5 Å². The number of hydrogen-bond acceptors (Lipinski definition) is 11. The summed E-state index contributed by atoms with van der Waals surface area (Å²) in [6, 6.07) is 3.55. The van der Waals surface area contributed by atoms with Crippen LogP contribution in [0.4, 0.5) is 11.8 Å². The van der Waals surface area contributed by atoms with E-state index in [0.29, 0.717) is 48.6 Å². The highest BCUT2D eigenvalue weighted by Crippen LogP contribution is 2.38. The van der Waals surface area contributed by atoms with E-state index in [2.05, 4.69) is 24.5 Å². The second-order valence-electron chi connectivity index (χ2n) is 9.66. The third-order valence-electron chi connectivity index (χ3n) is 6.87. The Labute approximate surface area is 233 Å². The van der Waals surface area contributed by atoms with E-state index in [1.165, 1.54) is 6.33 Å². The summed E-state index contributed by atoms with van der Waals surface area (Å²) < 4.78 is 35.9. The number of phosphoric acid groups is 1. The average Bonchev–Trinajstić information content (AvgIpc) is 3.72. The fourth-order valence-electron chi connectivity index (χ4n) is 4.97. The predicted octanol–water partition coefficient (Wildman–Crippen LogP) is 1.82. The molecule has 2 fully saturated rings. The lowest BCUT2D eigenvalue weighted by Crippen LogP contribution is -2.17. The molecule has 2 aliphatic heterocycles. The lowest BCUT2D eigenvalue weighted by Gasteiger charge is -2.16. The Hall–Kier alpha value is -3.37. The monoisotopic (exact) mass is 592 g/mol. The van der Waals surface area contributed by atoms with Crippen LogP contribution in [0, 0.1) is 0 Å². The molecule has 17 heteroatoms. The number of rotatable bonds is 8. The van der Waals surface area contributed by atoms with Crippen molar-refractivity contribution in [3.05, 3.63) is 41.2 Å². The van der Waals surface area contributed by atoms with Crippen LogP contribution < -0.4 is 17.0 Å². The molecule has 0 radical (unpaired) electrons. The second kappa shape index (κ2) is 12.2. The molecule has 2 aliphatic rings. The summed E-state index contributed by atoms with van der Waals surface area (Å²) in [5.41, 5.74) is 12.4. The number of fused-ring (bicyclic) bond motifs is 2. The standard InChI is InChI=1S/C13H18N4O3.C11H15N4O5P/c1-2-19-7-8-3-4-10(20-8)17-6-5-9-11(17)15-13(14)16-12(9)18;12-10-8-3-4-15(11(8)14-6-13-10)9-2-1-7(20-9)5-19-21(16,17)18/h5-6,8,10H,2-4,7H2,1H3,(H3,14,15,16,18);3-4,6-7,9H,1-2,5H2,(H2,12,13,14)(H2,16,17,18). The number of nitrogens with two attached hydrogens (primary N) is 2. The number of nitrogen functional groups attached to an aromatic ring is 2. The molecule has 0 aliphatic carbocycles. The molecule has 7 N–H and O–H groups in total. The predicted molar refractivity (Wildman–Crippen MR) is 147 cm³/mol. The van der Waals surface area contributed by atoms with Crippen LogP contribution in [-0.4, -0.2) is 70.9 Å². The van der Waals surface area contributed by atoms with Crippen LogP contribution in [0.5, 0.6) is 0 Å². The van der Waals surface area contributed by atoms with Crippen molar-refractivity contribution < 1.29 is 33.1 Å². The molecule has 0 saturated carbocycles. The molecular weight excluding hydrogens is 559 g/mol. The maximum Gasteiger partial charge on any atom is 0.469 e. The van der Waals surface area contributed by atoms with Crippen LogP contribution in [0.1, 0.15) is 45.1 Å². The fraction of sp³-hybridized carbons (Fsp3) is 0.500. The Balaban J connectivity index is 0.000000165. The van der Waals surface area contributed by atoms with Crippen molar-refractivity contribution in [2.45, 2.75) is 57.3 Å². The van der Waals surface area contributed by atoms with Crippen LogP contribution in [-0.2, 0) is 23.3 Å². The smallest absolute Gasteiger partial charge is 0.383 e. The number of nitrogens with zero attached hydrogens (tertiary/aromatic N) is 5. The minimum Gasteiger partial charge on any atom is -0.383 e. The molecule has 4 unspecified atom stereocenters. The van der Waals surface area contributed by atoms with Gasteiger partial charge in [0, 0.05) is 19.0 Å². The number of nitrogens with one attached hydrogen (secondary N) is 1. The molecule has 6 rings (SSSR count). The zero-order chi connectivity index (χ0) is 29.1. The van der Waals surface area contributed by atoms with Gasteiger partial charge in [0.1, 0.15) is 30.2 Å². The Morgan fingerprint density at radius 1 is 1.00 bits per heavy atom. The first-order chi connectivity index (χ1) is 19.6. The maximum atomic E-state index is 11.8. The van der Waals surface area contributed by atoms with Crippen LogP contribution in [0.15, 0.2) is 35.6 Å². The Kier molecular flexibility index (Phi) is 8.70. The number of ether oxygens (including phenoxy) is 3. The maximum absolute atomic E-state index is 11.8. The van der Waals surface area contributed by atoms with Gasteiger partial charge >= 0.3 is 7.82 Å². The van der Waals surface area contributed by atoms with E-state index in [9.17, 15) is 9.36 Å². The summed E-state index contributed by atoms with van der Waals surface area (Å²) in [6.07, 6.45) is 7.52. The Bertz CT molecular complexity index is 1600. The summed E-state index contributed by atoms with van der Waals surface area (Å²) in [6.45, 7) is 3.11. The number of phosphoric ester groups is 1. The van der Waals surface area contributed by atoms with Crippen molar-refractivity contribution in [3.8, 4) is 0 Å². The highest BCUT2D eigenvalue weighted by molar-refractivity contribution is 7.46. The number of aromatic amines is 1. The first-order valence-electron chi connectivity index (χ1n) is 13.1. The summed E-state index contributed by atoms with van der Waals surface area (Å²) in [7, 11) is -4.47. The van der Waals surface area contributed by atoms with Crippen LogP contribution in [0.3, 0.4) is 0 Å². The fourth-order valence-corrected chi connectivity index (χ4v) is 5.33. The first-order valence-corrected chi connectivity index (χ1v) is 14.7. The zero-order valence-electron chi connectivity index (χ0n) is 22.3. The summed E-state index contributed by atoms with van der Waals surface area (Å²) in [5.74, 6) is 0.518. The molecule has 0 spiro atoms. The highest BCUT2D eigenvalue weighted by Gasteiger charge is 2.30. The molecule has 0 amide bonds. The summed E-state index contributed by atoms with van der Waals surface area (Å²) in [5, 5.41) is 1.27. The van der Waals surface area contributed by atoms with E-state index in [0.717, 1.165) is 18.2 Å². The van der Waals surface area contributed by atoms with E-state index in [1.807, 2.05) is 34.5 Å². The molecule has 2 saturated heterocycles. The van der Waals surface area contributed by atoms with E-state index >= 15 is 0 Å². The second-order valence-corrected chi connectivity index (χ2v) is 10.9. The van der Waals surface area contributed by atoms with Gasteiger partial charge in [-0.1, -0.05) is 0 Å².